The van der Waals surface area contributed by atoms with Crippen LogP contribution in [0.5, 0.6) is 0 Å². The molecule has 0 aromatic carbocycles. The van der Waals surface area contributed by atoms with Gasteiger partial charge in [0.1, 0.15) is 5.69 Å². The molecule has 29 heavy (non-hydrogen) atoms. The lowest BCUT2D eigenvalue weighted by molar-refractivity contribution is 0.0746. The van der Waals surface area contributed by atoms with Crippen LogP contribution in [0.3, 0.4) is 0 Å². The fourth-order valence-corrected chi connectivity index (χ4v) is 3.12. The number of nitrogens with one attached hydrogen (secondary N) is 1. The molecule has 3 rings (SSSR count). The second-order valence-corrected chi connectivity index (χ2v) is 7.17. The highest BCUT2D eigenvalue weighted by molar-refractivity contribution is 5.98. The quantitative estimate of drug-likeness (QED) is 0.681. The summed E-state index contributed by atoms with van der Waals surface area (Å²) in [6.07, 6.45) is 5.79. The molecule has 9 heteroatoms. The zero-order valence-electron chi connectivity index (χ0n) is 16.9. The van der Waals surface area contributed by atoms with Gasteiger partial charge in [0.15, 0.2) is 0 Å². The van der Waals surface area contributed by atoms with Gasteiger partial charge in [-0.2, -0.15) is 0 Å². The Morgan fingerprint density at radius 2 is 1.79 bits per heavy atom. The number of carbonyl (C=O) groups is 2. The zero-order valence-corrected chi connectivity index (χ0v) is 16.9. The fraction of sp³-hybridized carbons (Fsp3) is 0.450. The van der Waals surface area contributed by atoms with Gasteiger partial charge in [-0.25, -0.2) is 9.97 Å². The van der Waals surface area contributed by atoms with Crippen LogP contribution in [0.1, 0.15) is 27.3 Å². The Balaban J connectivity index is 1.55. The molecule has 1 aliphatic heterocycles. The van der Waals surface area contributed by atoms with Crippen LogP contribution in [0.4, 0.5) is 5.95 Å². The third-order valence-electron chi connectivity index (χ3n) is 4.71. The lowest BCUT2D eigenvalue weighted by atomic mass is 10.1. The smallest absolute Gasteiger partial charge is 0.269 e. The van der Waals surface area contributed by atoms with Gasteiger partial charge in [0, 0.05) is 56.9 Å². The molecule has 0 saturated carbocycles. The van der Waals surface area contributed by atoms with Crippen LogP contribution in [0.2, 0.25) is 0 Å². The minimum Gasteiger partial charge on any atom is -0.351 e. The van der Waals surface area contributed by atoms with Crippen LogP contribution >= 0.6 is 0 Å². The first kappa shape index (κ1) is 20.7. The summed E-state index contributed by atoms with van der Waals surface area (Å²) in [6.45, 7) is 3.95. The maximum absolute atomic E-state index is 12.9. The molecule has 2 amide bonds. The molecule has 0 atom stereocenters. The van der Waals surface area contributed by atoms with E-state index in [1.54, 1.807) is 35.5 Å². The monoisotopic (exact) mass is 397 g/mol. The van der Waals surface area contributed by atoms with Crippen molar-refractivity contribution >= 4 is 17.8 Å². The topological polar surface area (TPSA) is 94.6 Å². The maximum atomic E-state index is 12.9. The van der Waals surface area contributed by atoms with E-state index in [2.05, 4.69) is 30.1 Å². The van der Waals surface area contributed by atoms with Crippen molar-refractivity contribution in [3.63, 3.8) is 0 Å². The van der Waals surface area contributed by atoms with Gasteiger partial charge in [0.2, 0.25) is 5.95 Å². The molecule has 3 heterocycles. The third kappa shape index (κ3) is 5.71. The highest BCUT2D eigenvalue weighted by Crippen LogP contribution is 2.13. The van der Waals surface area contributed by atoms with E-state index in [1.165, 1.54) is 6.20 Å². The summed E-state index contributed by atoms with van der Waals surface area (Å²) in [5.41, 5.74) is 0.736. The molecule has 0 unspecified atom stereocenters. The highest BCUT2D eigenvalue weighted by Gasteiger charge is 2.24. The summed E-state index contributed by atoms with van der Waals surface area (Å²) >= 11 is 0. The zero-order chi connectivity index (χ0) is 20.6. The Kier molecular flexibility index (Phi) is 7.07. The molecule has 9 nitrogen and oxygen atoms in total. The molecule has 2 aromatic rings. The van der Waals surface area contributed by atoms with Crippen molar-refractivity contribution in [1.82, 2.24) is 30.1 Å². The Morgan fingerprint density at radius 1 is 1.07 bits per heavy atom. The standard InChI is InChI=1S/C20H27N7O2/c1-25(2)10-4-8-22-18(28)17-15-16(5-9-21-17)19(29)26-11-13-27(14-12-26)20-23-6-3-7-24-20/h3,5-7,9,15H,4,8,10-14H2,1-2H3,(H,22,28). The lowest BCUT2D eigenvalue weighted by Gasteiger charge is -2.34. The summed E-state index contributed by atoms with van der Waals surface area (Å²) in [7, 11) is 3.98. The van der Waals surface area contributed by atoms with Gasteiger partial charge < -0.3 is 20.0 Å². The van der Waals surface area contributed by atoms with Gasteiger partial charge in [-0.15, -0.1) is 0 Å². The first-order chi connectivity index (χ1) is 14.0. The van der Waals surface area contributed by atoms with Gasteiger partial charge in [0.25, 0.3) is 11.8 Å². The van der Waals surface area contributed by atoms with Gasteiger partial charge >= 0.3 is 0 Å². The minimum atomic E-state index is -0.260. The molecule has 154 valence electrons. The second-order valence-electron chi connectivity index (χ2n) is 7.17. The first-order valence-electron chi connectivity index (χ1n) is 9.75. The molecule has 1 N–H and O–H groups in total. The van der Waals surface area contributed by atoms with Crippen LogP contribution in [-0.2, 0) is 0 Å². The van der Waals surface area contributed by atoms with Crippen molar-refractivity contribution in [1.29, 1.82) is 0 Å². The molecule has 1 aliphatic rings. The lowest BCUT2D eigenvalue weighted by Crippen LogP contribution is -2.49. The minimum absolute atomic E-state index is 0.0947. The number of amides is 2. The van der Waals surface area contributed by atoms with E-state index in [0.29, 0.717) is 44.2 Å². The average Bonchev–Trinajstić information content (AvgIpc) is 2.77. The predicted octanol–water partition coefficient (Wildman–Crippen LogP) is 0.516. The van der Waals surface area contributed by atoms with E-state index in [1.807, 2.05) is 14.1 Å². The highest BCUT2D eigenvalue weighted by atomic mass is 16.2. The number of nitrogens with zero attached hydrogens (tertiary/aromatic N) is 6. The van der Waals surface area contributed by atoms with Crippen molar-refractivity contribution in [2.45, 2.75) is 6.42 Å². The van der Waals surface area contributed by atoms with Crippen LogP contribution in [-0.4, -0.2) is 89.9 Å². The number of hydrogen-bond acceptors (Lipinski definition) is 7. The van der Waals surface area contributed by atoms with E-state index in [-0.39, 0.29) is 17.5 Å². The van der Waals surface area contributed by atoms with E-state index >= 15 is 0 Å². The number of rotatable bonds is 7. The number of carbonyl (C=O) groups excluding carboxylic acids is 2. The van der Waals surface area contributed by atoms with Crippen LogP contribution in [0.15, 0.2) is 36.8 Å². The molecular formula is C20H27N7O2. The molecule has 1 fully saturated rings. The van der Waals surface area contributed by atoms with Crippen LogP contribution < -0.4 is 10.2 Å². The Bertz CT molecular complexity index is 821. The molecule has 0 spiro atoms. The summed E-state index contributed by atoms with van der Waals surface area (Å²) < 4.78 is 0. The number of piperazine rings is 1. The normalized spacial score (nSPS) is 14.2. The summed E-state index contributed by atoms with van der Waals surface area (Å²) in [6, 6.07) is 5.00. The van der Waals surface area contributed by atoms with Gasteiger partial charge in [-0.1, -0.05) is 0 Å². The number of pyridine rings is 1. The molecule has 0 radical (unpaired) electrons. The van der Waals surface area contributed by atoms with Gasteiger partial charge in [-0.05, 0) is 45.3 Å². The average molecular weight is 397 g/mol. The Labute approximate surface area is 170 Å². The second kappa shape index (κ2) is 9.92. The largest absolute Gasteiger partial charge is 0.351 e. The molecule has 1 saturated heterocycles. The third-order valence-corrected chi connectivity index (χ3v) is 4.71. The van der Waals surface area contributed by atoms with Crippen molar-refractivity contribution in [3.8, 4) is 0 Å². The SMILES string of the molecule is CN(C)CCCNC(=O)c1cc(C(=O)N2CCN(c3ncccn3)CC2)ccn1. The summed E-state index contributed by atoms with van der Waals surface area (Å²) in [5.74, 6) is 0.323. The maximum Gasteiger partial charge on any atom is 0.269 e. The van der Waals surface area contributed by atoms with E-state index in [0.717, 1.165) is 13.0 Å². The van der Waals surface area contributed by atoms with Crippen molar-refractivity contribution in [3.05, 3.63) is 48.0 Å². The van der Waals surface area contributed by atoms with Crippen molar-refractivity contribution in [2.24, 2.45) is 0 Å². The van der Waals surface area contributed by atoms with E-state index in [9.17, 15) is 9.59 Å². The molecule has 0 aliphatic carbocycles. The summed E-state index contributed by atoms with van der Waals surface area (Å²) in [4.78, 5) is 43.7. The molecule has 2 aromatic heterocycles. The number of anilines is 1. The molecule has 0 bridgehead atoms. The Morgan fingerprint density at radius 3 is 2.48 bits per heavy atom. The fourth-order valence-electron chi connectivity index (χ4n) is 3.12. The number of hydrogen-bond donors (Lipinski definition) is 1. The van der Waals surface area contributed by atoms with Crippen LogP contribution in [0, 0.1) is 0 Å². The van der Waals surface area contributed by atoms with Crippen LogP contribution in [0.25, 0.3) is 0 Å². The van der Waals surface area contributed by atoms with Gasteiger partial charge in [0.05, 0.1) is 0 Å². The summed E-state index contributed by atoms with van der Waals surface area (Å²) in [5, 5.41) is 2.85. The van der Waals surface area contributed by atoms with E-state index in [4.69, 9.17) is 0 Å². The van der Waals surface area contributed by atoms with Crippen molar-refractivity contribution < 1.29 is 9.59 Å². The van der Waals surface area contributed by atoms with E-state index < -0.39 is 0 Å². The number of aromatic nitrogens is 3. The molecular weight excluding hydrogens is 370 g/mol. The Hall–Kier alpha value is -3.07. The predicted molar refractivity (Wildman–Crippen MR) is 110 cm³/mol. The van der Waals surface area contributed by atoms with Gasteiger partial charge in [-0.3, -0.25) is 14.6 Å². The van der Waals surface area contributed by atoms with Crippen molar-refractivity contribution in [2.75, 3.05) is 58.3 Å². The first-order valence-corrected chi connectivity index (χ1v) is 9.75.